The van der Waals surface area contributed by atoms with Crippen LogP contribution in [0.5, 0.6) is 0 Å². The number of carbonyl (C=O) groups excluding carboxylic acids is 1. The van der Waals surface area contributed by atoms with Gasteiger partial charge in [-0.25, -0.2) is 4.79 Å². The number of hydrogen-bond acceptors (Lipinski definition) is 3. The molecule has 19 heavy (non-hydrogen) atoms. The normalized spacial score (nSPS) is 11.7. The van der Waals surface area contributed by atoms with Crippen molar-refractivity contribution in [2.75, 3.05) is 19.0 Å². The minimum atomic E-state index is -1.08. The molecule has 6 heteroatoms. The van der Waals surface area contributed by atoms with E-state index in [2.05, 4.69) is 10.6 Å². The Morgan fingerprint density at radius 1 is 1.37 bits per heavy atom. The van der Waals surface area contributed by atoms with Crippen LogP contribution < -0.4 is 10.6 Å². The average molecular weight is 266 g/mol. The van der Waals surface area contributed by atoms with Crippen molar-refractivity contribution in [1.29, 1.82) is 0 Å². The summed E-state index contributed by atoms with van der Waals surface area (Å²) in [6, 6.07) is 5.83. The standard InChI is InChI=1S/C13H18N2O4/c1-9(12(16)17)14-13(18)15-11-6-4-3-5-10(11)7-8-19-2/h3-6,9H,7-8H2,1-2H3,(H,16,17)(H2,14,15,18). The number of para-hydroxylation sites is 1. The number of anilines is 1. The lowest BCUT2D eigenvalue weighted by Gasteiger charge is -2.13. The summed E-state index contributed by atoms with van der Waals surface area (Å²) in [5, 5.41) is 13.7. The molecule has 0 spiro atoms. The van der Waals surface area contributed by atoms with Gasteiger partial charge in [0.1, 0.15) is 6.04 Å². The molecule has 2 amide bonds. The van der Waals surface area contributed by atoms with E-state index >= 15 is 0 Å². The molecule has 0 saturated heterocycles. The first-order valence-electron chi connectivity index (χ1n) is 5.91. The van der Waals surface area contributed by atoms with Gasteiger partial charge in [0, 0.05) is 12.8 Å². The monoisotopic (exact) mass is 266 g/mol. The van der Waals surface area contributed by atoms with E-state index in [4.69, 9.17) is 9.84 Å². The highest BCUT2D eigenvalue weighted by Crippen LogP contribution is 2.15. The molecule has 0 heterocycles. The molecule has 1 aromatic rings. The van der Waals surface area contributed by atoms with E-state index in [0.717, 1.165) is 5.56 Å². The molecular weight excluding hydrogens is 248 g/mol. The van der Waals surface area contributed by atoms with Gasteiger partial charge in [-0.15, -0.1) is 0 Å². The summed E-state index contributed by atoms with van der Waals surface area (Å²) in [5.74, 6) is -1.08. The van der Waals surface area contributed by atoms with Crippen molar-refractivity contribution < 1.29 is 19.4 Å². The van der Waals surface area contributed by atoms with Crippen LogP contribution in [0.3, 0.4) is 0 Å². The van der Waals surface area contributed by atoms with E-state index in [9.17, 15) is 9.59 Å². The number of methoxy groups -OCH3 is 1. The SMILES string of the molecule is COCCc1ccccc1NC(=O)NC(C)C(=O)O. The fraction of sp³-hybridized carbons (Fsp3) is 0.385. The Labute approximate surface area is 111 Å². The Morgan fingerprint density at radius 3 is 2.68 bits per heavy atom. The van der Waals surface area contributed by atoms with E-state index in [1.54, 1.807) is 19.2 Å². The summed E-state index contributed by atoms with van der Waals surface area (Å²) in [7, 11) is 1.61. The van der Waals surface area contributed by atoms with E-state index in [1.807, 2.05) is 12.1 Å². The number of carboxylic acids is 1. The Morgan fingerprint density at radius 2 is 2.05 bits per heavy atom. The smallest absolute Gasteiger partial charge is 0.325 e. The molecular formula is C13H18N2O4. The molecule has 3 N–H and O–H groups in total. The summed E-state index contributed by atoms with van der Waals surface area (Å²) in [6.07, 6.45) is 0.668. The van der Waals surface area contributed by atoms with Gasteiger partial charge in [-0.05, 0) is 25.0 Å². The lowest BCUT2D eigenvalue weighted by Crippen LogP contribution is -2.41. The van der Waals surface area contributed by atoms with Crippen LogP contribution in [0, 0.1) is 0 Å². The van der Waals surface area contributed by atoms with E-state index in [-0.39, 0.29) is 0 Å². The maximum Gasteiger partial charge on any atom is 0.325 e. The van der Waals surface area contributed by atoms with Crippen LogP contribution in [-0.2, 0) is 16.0 Å². The first-order valence-corrected chi connectivity index (χ1v) is 5.91. The maximum atomic E-state index is 11.6. The second-order valence-corrected chi connectivity index (χ2v) is 4.06. The van der Waals surface area contributed by atoms with Gasteiger partial charge in [-0.2, -0.15) is 0 Å². The zero-order chi connectivity index (χ0) is 14.3. The van der Waals surface area contributed by atoms with Crippen molar-refractivity contribution in [3.8, 4) is 0 Å². The predicted octanol–water partition coefficient (Wildman–Crippen LogP) is 1.47. The summed E-state index contributed by atoms with van der Waals surface area (Å²) >= 11 is 0. The molecule has 1 aromatic carbocycles. The summed E-state index contributed by atoms with van der Waals surface area (Å²) in [6.45, 7) is 1.95. The number of hydrogen-bond donors (Lipinski definition) is 3. The number of amides is 2. The van der Waals surface area contributed by atoms with Gasteiger partial charge in [0.15, 0.2) is 0 Å². The van der Waals surface area contributed by atoms with Crippen molar-refractivity contribution >= 4 is 17.7 Å². The zero-order valence-electron chi connectivity index (χ0n) is 11.0. The van der Waals surface area contributed by atoms with Crippen LogP contribution in [0.25, 0.3) is 0 Å². The Kier molecular flexibility index (Phi) is 5.81. The topological polar surface area (TPSA) is 87.7 Å². The zero-order valence-corrected chi connectivity index (χ0v) is 11.0. The van der Waals surface area contributed by atoms with Crippen LogP contribution in [0.15, 0.2) is 24.3 Å². The van der Waals surface area contributed by atoms with Crippen molar-refractivity contribution in [1.82, 2.24) is 5.32 Å². The van der Waals surface area contributed by atoms with Gasteiger partial charge in [-0.1, -0.05) is 18.2 Å². The first kappa shape index (κ1) is 15.0. The van der Waals surface area contributed by atoms with Crippen LogP contribution >= 0.6 is 0 Å². The molecule has 0 aromatic heterocycles. The minimum absolute atomic E-state index is 0.542. The predicted molar refractivity (Wildman–Crippen MR) is 71.3 cm³/mol. The third-order valence-electron chi connectivity index (χ3n) is 2.56. The number of carboxylic acid groups (broad SMARTS) is 1. The molecule has 1 unspecified atom stereocenters. The average Bonchev–Trinajstić information content (AvgIpc) is 2.37. The van der Waals surface area contributed by atoms with Crippen molar-refractivity contribution in [3.63, 3.8) is 0 Å². The van der Waals surface area contributed by atoms with Gasteiger partial charge in [0.05, 0.1) is 6.61 Å². The van der Waals surface area contributed by atoms with Gasteiger partial charge < -0.3 is 20.5 Å². The van der Waals surface area contributed by atoms with Gasteiger partial charge >= 0.3 is 12.0 Å². The highest BCUT2D eigenvalue weighted by Gasteiger charge is 2.14. The molecule has 0 bridgehead atoms. The van der Waals surface area contributed by atoms with Crippen LogP contribution in [0.1, 0.15) is 12.5 Å². The molecule has 104 valence electrons. The summed E-state index contributed by atoms with van der Waals surface area (Å²) in [5.41, 5.74) is 1.58. The highest BCUT2D eigenvalue weighted by molar-refractivity contribution is 5.92. The molecule has 1 rings (SSSR count). The van der Waals surface area contributed by atoms with Crippen molar-refractivity contribution in [2.45, 2.75) is 19.4 Å². The van der Waals surface area contributed by atoms with E-state index in [0.29, 0.717) is 18.7 Å². The number of ether oxygens (including phenoxy) is 1. The van der Waals surface area contributed by atoms with E-state index < -0.39 is 18.0 Å². The fourth-order valence-corrected chi connectivity index (χ4v) is 1.49. The lowest BCUT2D eigenvalue weighted by molar-refractivity contribution is -0.138. The maximum absolute atomic E-state index is 11.6. The summed E-state index contributed by atoms with van der Waals surface area (Å²) in [4.78, 5) is 22.3. The Balaban J connectivity index is 2.65. The molecule has 0 saturated carbocycles. The highest BCUT2D eigenvalue weighted by atomic mass is 16.5. The molecule has 0 aliphatic carbocycles. The van der Waals surface area contributed by atoms with Crippen molar-refractivity contribution in [2.24, 2.45) is 0 Å². The largest absolute Gasteiger partial charge is 0.480 e. The van der Waals surface area contributed by atoms with Gasteiger partial charge in [0.25, 0.3) is 0 Å². The number of aliphatic carboxylic acids is 1. The molecule has 0 fully saturated rings. The summed E-state index contributed by atoms with van der Waals surface area (Å²) < 4.78 is 5.00. The van der Waals surface area contributed by atoms with Gasteiger partial charge in [0.2, 0.25) is 0 Å². The number of rotatable bonds is 6. The van der Waals surface area contributed by atoms with Crippen LogP contribution in [-0.4, -0.2) is 36.9 Å². The van der Waals surface area contributed by atoms with E-state index in [1.165, 1.54) is 6.92 Å². The quantitative estimate of drug-likeness (QED) is 0.727. The third kappa shape index (κ3) is 4.97. The second kappa shape index (κ2) is 7.38. The third-order valence-corrected chi connectivity index (χ3v) is 2.56. The Hall–Kier alpha value is -2.08. The molecule has 0 radical (unpaired) electrons. The molecule has 1 atom stereocenters. The fourth-order valence-electron chi connectivity index (χ4n) is 1.49. The minimum Gasteiger partial charge on any atom is -0.480 e. The number of urea groups is 1. The van der Waals surface area contributed by atoms with Crippen LogP contribution in [0.4, 0.5) is 10.5 Å². The molecule has 6 nitrogen and oxygen atoms in total. The lowest BCUT2D eigenvalue weighted by atomic mass is 10.1. The Bertz CT molecular complexity index is 448. The number of nitrogens with one attached hydrogen (secondary N) is 2. The van der Waals surface area contributed by atoms with Gasteiger partial charge in [-0.3, -0.25) is 4.79 Å². The molecule has 0 aliphatic heterocycles. The second-order valence-electron chi connectivity index (χ2n) is 4.06. The van der Waals surface area contributed by atoms with Crippen LogP contribution in [0.2, 0.25) is 0 Å². The number of carbonyl (C=O) groups is 2. The van der Waals surface area contributed by atoms with Crippen molar-refractivity contribution in [3.05, 3.63) is 29.8 Å². The number of benzene rings is 1. The molecule has 0 aliphatic rings. The first-order chi connectivity index (χ1) is 9.04.